The topological polar surface area (TPSA) is 72.7 Å². The van der Waals surface area contributed by atoms with E-state index in [1.54, 1.807) is 6.92 Å². The minimum atomic E-state index is -0.818. The van der Waals surface area contributed by atoms with E-state index < -0.39 is 11.4 Å². The molecule has 0 saturated heterocycles. The van der Waals surface area contributed by atoms with E-state index >= 15 is 0 Å². The van der Waals surface area contributed by atoms with Crippen LogP contribution in [0.1, 0.15) is 12.5 Å². The first kappa shape index (κ1) is 12.9. The Bertz CT molecular complexity index is 333. The van der Waals surface area contributed by atoms with Crippen LogP contribution < -0.4 is 5.32 Å². The molecule has 0 aromatic heterocycles. The average Bonchev–Trinajstić information content (AvgIpc) is 2.25. The van der Waals surface area contributed by atoms with Gasteiger partial charge in [-0.3, -0.25) is 0 Å². The summed E-state index contributed by atoms with van der Waals surface area (Å²) in [6.45, 7) is 1.44. The van der Waals surface area contributed by atoms with Crippen molar-refractivity contribution >= 4 is 0 Å². The number of nitrogens with one attached hydrogen (secondary N) is 1. The number of hydrogen-bond acceptors (Lipinski definition) is 4. The minimum Gasteiger partial charge on any atom is -0.508 e. The van der Waals surface area contributed by atoms with Crippen LogP contribution in [0.25, 0.3) is 0 Å². The van der Waals surface area contributed by atoms with Gasteiger partial charge in [0.15, 0.2) is 0 Å². The lowest BCUT2D eigenvalue weighted by molar-refractivity contribution is 0.103. The highest BCUT2D eigenvalue weighted by atomic mass is 19.1. The molecule has 0 spiro atoms. The lowest BCUT2D eigenvalue weighted by Gasteiger charge is -2.26. The minimum absolute atomic E-state index is 0.147. The summed E-state index contributed by atoms with van der Waals surface area (Å²) >= 11 is 0. The van der Waals surface area contributed by atoms with Crippen LogP contribution >= 0.6 is 0 Å². The molecule has 0 saturated carbocycles. The van der Waals surface area contributed by atoms with E-state index in [0.717, 1.165) is 6.07 Å². The standard InChI is InChI=1S/C11H16FNO3/c1-11(6-14,7-15)13-5-8-2-9(12)4-10(16)3-8/h2-4,13-16H,5-7H2,1H3. The summed E-state index contributed by atoms with van der Waals surface area (Å²) in [5.74, 6) is -0.669. The Labute approximate surface area is 93.4 Å². The molecule has 1 rings (SSSR count). The summed E-state index contributed by atoms with van der Waals surface area (Å²) in [4.78, 5) is 0. The van der Waals surface area contributed by atoms with Gasteiger partial charge in [0.05, 0.1) is 18.8 Å². The van der Waals surface area contributed by atoms with Crippen molar-refractivity contribution in [1.29, 1.82) is 0 Å². The predicted octanol–water partition coefficient (Wildman–Crippen LogP) is 0.364. The van der Waals surface area contributed by atoms with Crippen LogP contribution in [0.2, 0.25) is 0 Å². The summed E-state index contributed by atoms with van der Waals surface area (Å²) in [5, 5.41) is 30.1. The Morgan fingerprint density at radius 2 is 1.88 bits per heavy atom. The first-order valence-electron chi connectivity index (χ1n) is 4.94. The van der Waals surface area contributed by atoms with Gasteiger partial charge < -0.3 is 20.6 Å². The maximum atomic E-state index is 12.9. The second-order valence-electron chi connectivity index (χ2n) is 4.05. The highest BCUT2D eigenvalue weighted by molar-refractivity contribution is 5.28. The number of aliphatic hydroxyl groups is 2. The maximum Gasteiger partial charge on any atom is 0.127 e. The first-order valence-corrected chi connectivity index (χ1v) is 4.94. The van der Waals surface area contributed by atoms with Crippen molar-refractivity contribution in [2.75, 3.05) is 13.2 Å². The summed E-state index contributed by atoms with van der Waals surface area (Å²) in [5.41, 5.74) is -0.271. The Balaban J connectivity index is 2.67. The van der Waals surface area contributed by atoms with E-state index in [9.17, 15) is 9.50 Å². The van der Waals surface area contributed by atoms with E-state index in [1.807, 2.05) is 0 Å². The number of aromatic hydroxyl groups is 1. The number of phenolic OH excluding ortho intramolecular Hbond substituents is 1. The molecule has 0 unspecified atom stereocenters. The Morgan fingerprint density at radius 1 is 1.25 bits per heavy atom. The highest BCUT2D eigenvalue weighted by Gasteiger charge is 2.21. The molecule has 0 bridgehead atoms. The van der Waals surface area contributed by atoms with Crippen LogP contribution in [-0.4, -0.2) is 34.1 Å². The number of phenols is 1. The second kappa shape index (κ2) is 5.25. The van der Waals surface area contributed by atoms with Gasteiger partial charge in [-0.15, -0.1) is 0 Å². The molecule has 16 heavy (non-hydrogen) atoms. The summed E-state index contributed by atoms with van der Waals surface area (Å²) < 4.78 is 12.9. The number of rotatable bonds is 5. The molecule has 0 aliphatic rings. The van der Waals surface area contributed by atoms with Gasteiger partial charge in [0.25, 0.3) is 0 Å². The van der Waals surface area contributed by atoms with Gasteiger partial charge in [-0.2, -0.15) is 0 Å². The van der Waals surface area contributed by atoms with Crippen LogP contribution in [0.4, 0.5) is 4.39 Å². The smallest absolute Gasteiger partial charge is 0.127 e. The molecule has 1 aromatic rings. The molecule has 0 aliphatic carbocycles. The molecular weight excluding hydrogens is 213 g/mol. The molecule has 0 fully saturated rings. The van der Waals surface area contributed by atoms with Crippen LogP contribution in [0.5, 0.6) is 5.75 Å². The maximum absolute atomic E-state index is 12.9. The molecule has 1 aromatic carbocycles. The molecule has 0 aliphatic heterocycles. The fourth-order valence-corrected chi connectivity index (χ4v) is 1.21. The van der Waals surface area contributed by atoms with E-state index in [0.29, 0.717) is 5.56 Å². The predicted molar refractivity (Wildman–Crippen MR) is 57.5 cm³/mol. The monoisotopic (exact) mass is 229 g/mol. The largest absolute Gasteiger partial charge is 0.508 e. The van der Waals surface area contributed by atoms with E-state index in [4.69, 9.17) is 10.2 Å². The zero-order valence-electron chi connectivity index (χ0n) is 9.07. The third-order valence-corrected chi connectivity index (χ3v) is 2.36. The van der Waals surface area contributed by atoms with Gasteiger partial charge in [-0.1, -0.05) is 0 Å². The molecule has 0 heterocycles. The number of halogens is 1. The van der Waals surface area contributed by atoms with Crippen LogP contribution in [0.15, 0.2) is 18.2 Å². The normalized spacial score (nSPS) is 11.8. The molecule has 5 heteroatoms. The van der Waals surface area contributed by atoms with E-state index in [2.05, 4.69) is 5.32 Å². The van der Waals surface area contributed by atoms with Crippen LogP contribution in [0, 0.1) is 5.82 Å². The molecular formula is C11H16FNO3. The fourth-order valence-electron chi connectivity index (χ4n) is 1.21. The lowest BCUT2D eigenvalue weighted by Crippen LogP contribution is -2.48. The quantitative estimate of drug-likeness (QED) is 0.588. The molecule has 4 nitrogen and oxygen atoms in total. The third kappa shape index (κ3) is 3.44. The first-order chi connectivity index (χ1) is 7.49. The summed E-state index contributed by atoms with van der Waals surface area (Å²) in [6.07, 6.45) is 0. The van der Waals surface area contributed by atoms with E-state index in [-0.39, 0.29) is 25.5 Å². The van der Waals surface area contributed by atoms with Gasteiger partial charge in [0, 0.05) is 12.6 Å². The van der Waals surface area contributed by atoms with Gasteiger partial charge in [0.2, 0.25) is 0 Å². The third-order valence-electron chi connectivity index (χ3n) is 2.36. The summed E-state index contributed by atoms with van der Waals surface area (Å²) in [7, 11) is 0. The van der Waals surface area contributed by atoms with Crippen molar-refractivity contribution in [3.8, 4) is 5.75 Å². The zero-order valence-corrected chi connectivity index (χ0v) is 9.07. The second-order valence-corrected chi connectivity index (χ2v) is 4.05. The Morgan fingerprint density at radius 3 is 2.38 bits per heavy atom. The lowest BCUT2D eigenvalue weighted by atomic mass is 10.0. The van der Waals surface area contributed by atoms with Crippen molar-refractivity contribution in [3.05, 3.63) is 29.6 Å². The van der Waals surface area contributed by atoms with Crippen molar-refractivity contribution in [1.82, 2.24) is 5.32 Å². The van der Waals surface area contributed by atoms with Gasteiger partial charge >= 0.3 is 0 Å². The van der Waals surface area contributed by atoms with Gasteiger partial charge in [-0.05, 0) is 24.6 Å². The van der Waals surface area contributed by atoms with Crippen molar-refractivity contribution < 1.29 is 19.7 Å². The van der Waals surface area contributed by atoms with Crippen LogP contribution in [-0.2, 0) is 6.54 Å². The van der Waals surface area contributed by atoms with Crippen molar-refractivity contribution in [2.45, 2.75) is 19.0 Å². The molecule has 0 amide bonds. The summed E-state index contributed by atoms with van der Waals surface area (Å²) in [6, 6.07) is 3.72. The SMILES string of the molecule is CC(CO)(CO)NCc1cc(O)cc(F)c1. The van der Waals surface area contributed by atoms with Gasteiger partial charge in [-0.25, -0.2) is 4.39 Å². The zero-order chi connectivity index (χ0) is 12.2. The van der Waals surface area contributed by atoms with Crippen molar-refractivity contribution in [2.24, 2.45) is 0 Å². The molecule has 90 valence electrons. The molecule has 0 radical (unpaired) electrons. The van der Waals surface area contributed by atoms with Crippen LogP contribution in [0.3, 0.4) is 0 Å². The number of benzene rings is 1. The number of aliphatic hydroxyl groups excluding tert-OH is 2. The molecule has 0 atom stereocenters. The van der Waals surface area contributed by atoms with E-state index in [1.165, 1.54) is 12.1 Å². The van der Waals surface area contributed by atoms with Gasteiger partial charge in [0.1, 0.15) is 11.6 Å². The number of hydrogen-bond donors (Lipinski definition) is 4. The Hall–Kier alpha value is -1.17. The fraction of sp³-hybridized carbons (Fsp3) is 0.455. The Kier molecular flexibility index (Phi) is 4.23. The highest BCUT2D eigenvalue weighted by Crippen LogP contribution is 2.15. The molecule has 4 N–H and O–H groups in total. The van der Waals surface area contributed by atoms with Crippen molar-refractivity contribution in [3.63, 3.8) is 0 Å². The average molecular weight is 229 g/mol.